The number of carboxylic acid groups (broad SMARTS) is 1. The maximum atomic E-state index is 13.3. The molecule has 3 atom stereocenters. The molecule has 0 amide bonds. The topological polar surface area (TPSA) is 49.3 Å². The predicted molar refractivity (Wildman–Crippen MR) is 70.7 cm³/mol. The van der Waals surface area contributed by atoms with Gasteiger partial charge in [0.05, 0.1) is 5.56 Å². The van der Waals surface area contributed by atoms with Crippen LogP contribution in [0.3, 0.4) is 0 Å². The maximum absolute atomic E-state index is 13.3. The Morgan fingerprint density at radius 1 is 1.37 bits per heavy atom. The molecule has 0 aromatic heterocycles. The zero-order valence-corrected chi connectivity index (χ0v) is 10.5. The number of aromatic carboxylic acids is 1. The minimum Gasteiger partial charge on any atom is -0.478 e. The van der Waals surface area contributed by atoms with Crippen molar-refractivity contribution in [2.45, 2.75) is 12.8 Å². The SMILES string of the molecule is O=C(O)c1cc(NCC2CC3C=CC2C3)ccc1F. The minimum absolute atomic E-state index is 0.280. The van der Waals surface area contributed by atoms with Gasteiger partial charge in [0.15, 0.2) is 0 Å². The quantitative estimate of drug-likeness (QED) is 0.818. The highest BCUT2D eigenvalue weighted by atomic mass is 19.1. The fourth-order valence-electron chi connectivity index (χ4n) is 3.18. The van der Waals surface area contributed by atoms with Crippen molar-refractivity contribution in [3.63, 3.8) is 0 Å². The van der Waals surface area contributed by atoms with Gasteiger partial charge in [-0.05, 0) is 48.8 Å². The number of hydrogen-bond donors (Lipinski definition) is 2. The highest BCUT2D eigenvalue weighted by Crippen LogP contribution is 2.43. The Morgan fingerprint density at radius 2 is 2.21 bits per heavy atom. The van der Waals surface area contributed by atoms with Crippen molar-refractivity contribution in [1.29, 1.82) is 0 Å². The highest BCUT2D eigenvalue weighted by Gasteiger charge is 2.35. The minimum atomic E-state index is -1.23. The van der Waals surface area contributed by atoms with Crippen LogP contribution in [0, 0.1) is 23.6 Å². The molecule has 0 saturated heterocycles. The van der Waals surface area contributed by atoms with Gasteiger partial charge in [-0.2, -0.15) is 0 Å². The molecule has 1 aromatic carbocycles. The summed E-state index contributed by atoms with van der Waals surface area (Å²) in [7, 11) is 0. The first-order valence-corrected chi connectivity index (χ1v) is 6.58. The number of carbonyl (C=O) groups is 1. The van der Waals surface area contributed by atoms with E-state index < -0.39 is 11.8 Å². The molecule has 2 aliphatic carbocycles. The standard InChI is InChI=1S/C15H16FNO2/c16-14-4-3-12(7-13(14)15(18)19)17-8-11-6-9-1-2-10(11)5-9/h1-4,7,9-11,17H,5-6,8H2,(H,18,19). The van der Waals surface area contributed by atoms with Gasteiger partial charge in [-0.25, -0.2) is 9.18 Å². The van der Waals surface area contributed by atoms with Crippen molar-refractivity contribution in [2.75, 3.05) is 11.9 Å². The van der Waals surface area contributed by atoms with Crippen molar-refractivity contribution in [3.8, 4) is 0 Å². The second-order valence-electron chi connectivity index (χ2n) is 5.42. The van der Waals surface area contributed by atoms with Gasteiger partial charge in [-0.15, -0.1) is 0 Å². The molecule has 3 nitrogen and oxygen atoms in total. The van der Waals surface area contributed by atoms with Gasteiger partial charge in [-0.1, -0.05) is 12.2 Å². The van der Waals surface area contributed by atoms with E-state index in [-0.39, 0.29) is 5.56 Å². The van der Waals surface area contributed by atoms with E-state index in [1.807, 2.05) is 0 Å². The summed E-state index contributed by atoms with van der Waals surface area (Å²) in [5.74, 6) is 0.0507. The van der Waals surface area contributed by atoms with Crippen molar-refractivity contribution >= 4 is 11.7 Å². The molecule has 0 radical (unpaired) electrons. The number of benzene rings is 1. The van der Waals surface area contributed by atoms with Crippen LogP contribution in [-0.4, -0.2) is 17.6 Å². The molecule has 2 aliphatic rings. The average molecular weight is 261 g/mol. The van der Waals surface area contributed by atoms with Gasteiger partial charge in [-0.3, -0.25) is 0 Å². The largest absolute Gasteiger partial charge is 0.478 e. The molecular formula is C15H16FNO2. The van der Waals surface area contributed by atoms with Gasteiger partial charge < -0.3 is 10.4 Å². The normalized spacial score (nSPS) is 27.7. The van der Waals surface area contributed by atoms with Gasteiger partial charge >= 0.3 is 5.97 Å². The summed E-state index contributed by atoms with van der Waals surface area (Å²) in [4.78, 5) is 10.9. The lowest BCUT2D eigenvalue weighted by Crippen LogP contribution is -2.18. The average Bonchev–Trinajstić information content (AvgIpc) is 2.99. The van der Waals surface area contributed by atoms with Gasteiger partial charge in [0.25, 0.3) is 0 Å². The summed E-state index contributed by atoms with van der Waals surface area (Å²) in [6.45, 7) is 0.816. The van der Waals surface area contributed by atoms with Crippen LogP contribution in [0.2, 0.25) is 0 Å². The molecule has 4 heteroatoms. The molecule has 100 valence electrons. The first kappa shape index (κ1) is 12.2. The molecule has 2 N–H and O–H groups in total. The number of hydrogen-bond acceptors (Lipinski definition) is 2. The van der Waals surface area contributed by atoms with Crippen molar-refractivity contribution in [1.82, 2.24) is 0 Å². The maximum Gasteiger partial charge on any atom is 0.338 e. The fraction of sp³-hybridized carbons (Fsp3) is 0.400. The monoisotopic (exact) mass is 261 g/mol. The second kappa shape index (κ2) is 4.68. The molecular weight excluding hydrogens is 245 g/mol. The summed E-state index contributed by atoms with van der Waals surface area (Å²) in [5.41, 5.74) is 0.392. The van der Waals surface area contributed by atoms with Crippen LogP contribution in [0.25, 0.3) is 0 Å². The van der Waals surface area contributed by atoms with Gasteiger partial charge in [0.2, 0.25) is 0 Å². The Morgan fingerprint density at radius 3 is 2.84 bits per heavy atom. The van der Waals surface area contributed by atoms with Crippen molar-refractivity contribution < 1.29 is 14.3 Å². The van der Waals surface area contributed by atoms with E-state index in [1.165, 1.54) is 25.0 Å². The van der Waals surface area contributed by atoms with E-state index in [1.54, 1.807) is 6.07 Å². The smallest absolute Gasteiger partial charge is 0.338 e. The lowest BCUT2D eigenvalue weighted by Gasteiger charge is -2.19. The molecule has 1 fully saturated rings. The number of nitrogens with one attached hydrogen (secondary N) is 1. The Bertz CT molecular complexity index is 541. The molecule has 3 unspecified atom stereocenters. The summed E-state index contributed by atoms with van der Waals surface area (Å²) in [5, 5.41) is 12.1. The zero-order valence-electron chi connectivity index (χ0n) is 10.5. The van der Waals surface area contributed by atoms with E-state index in [9.17, 15) is 9.18 Å². The molecule has 1 aromatic rings. The molecule has 19 heavy (non-hydrogen) atoms. The molecule has 1 saturated carbocycles. The molecule has 0 spiro atoms. The van der Waals surface area contributed by atoms with Crippen LogP contribution < -0.4 is 5.32 Å². The fourth-order valence-corrected chi connectivity index (χ4v) is 3.18. The van der Waals surface area contributed by atoms with Crippen LogP contribution in [0.4, 0.5) is 10.1 Å². The number of rotatable bonds is 4. The van der Waals surface area contributed by atoms with Crippen LogP contribution in [0.5, 0.6) is 0 Å². The Kier molecular flexibility index (Phi) is 3.01. The Balaban J connectivity index is 1.66. The lowest BCUT2D eigenvalue weighted by atomic mass is 9.93. The first-order chi connectivity index (χ1) is 9.13. The summed E-state index contributed by atoms with van der Waals surface area (Å²) < 4.78 is 13.3. The van der Waals surface area contributed by atoms with Crippen LogP contribution >= 0.6 is 0 Å². The van der Waals surface area contributed by atoms with Gasteiger partial charge in [0, 0.05) is 12.2 Å². The van der Waals surface area contributed by atoms with E-state index in [2.05, 4.69) is 17.5 Å². The number of allylic oxidation sites excluding steroid dienone is 2. The van der Waals surface area contributed by atoms with Crippen LogP contribution in [0.15, 0.2) is 30.4 Å². The predicted octanol–water partition coefficient (Wildman–Crippen LogP) is 3.15. The third-order valence-electron chi connectivity index (χ3n) is 4.18. The van der Waals surface area contributed by atoms with E-state index in [0.29, 0.717) is 17.5 Å². The lowest BCUT2D eigenvalue weighted by molar-refractivity contribution is 0.0692. The number of fused-ring (bicyclic) bond motifs is 2. The molecule has 0 heterocycles. The number of halogens is 1. The Labute approximate surface area is 111 Å². The van der Waals surface area contributed by atoms with Crippen molar-refractivity contribution in [3.05, 3.63) is 41.7 Å². The third-order valence-corrected chi connectivity index (χ3v) is 4.18. The first-order valence-electron chi connectivity index (χ1n) is 6.58. The second-order valence-corrected chi connectivity index (χ2v) is 5.42. The van der Waals surface area contributed by atoms with E-state index >= 15 is 0 Å². The third kappa shape index (κ3) is 2.35. The zero-order chi connectivity index (χ0) is 13.4. The van der Waals surface area contributed by atoms with Crippen LogP contribution in [0.1, 0.15) is 23.2 Å². The Hall–Kier alpha value is -1.84. The number of anilines is 1. The molecule has 3 rings (SSSR count). The summed E-state index contributed by atoms with van der Waals surface area (Å²) in [6, 6.07) is 4.15. The molecule has 0 aliphatic heterocycles. The molecule has 2 bridgehead atoms. The van der Waals surface area contributed by atoms with Crippen molar-refractivity contribution in [2.24, 2.45) is 17.8 Å². The highest BCUT2D eigenvalue weighted by molar-refractivity contribution is 5.89. The van der Waals surface area contributed by atoms with E-state index in [4.69, 9.17) is 5.11 Å². The van der Waals surface area contributed by atoms with Gasteiger partial charge in [0.1, 0.15) is 5.82 Å². The van der Waals surface area contributed by atoms with E-state index in [0.717, 1.165) is 12.5 Å². The number of carboxylic acids is 1. The van der Waals surface area contributed by atoms with Crippen LogP contribution in [-0.2, 0) is 0 Å². The summed E-state index contributed by atoms with van der Waals surface area (Å²) in [6.07, 6.45) is 7.02. The summed E-state index contributed by atoms with van der Waals surface area (Å²) >= 11 is 0.